The smallest absolute Gasteiger partial charge is 0.126 e. The average Bonchev–Trinajstić information content (AvgIpc) is 2.43. The second kappa shape index (κ2) is 8.57. The molecule has 0 aromatic carbocycles. The first-order valence-electron chi connectivity index (χ1n) is 7.98. The summed E-state index contributed by atoms with van der Waals surface area (Å²) in [6.07, 6.45) is 5.68. The highest BCUT2D eigenvalue weighted by atomic mass is 35.5. The van der Waals surface area contributed by atoms with Crippen molar-refractivity contribution in [2.24, 2.45) is 0 Å². The second-order valence-electron chi connectivity index (χ2n) is 5.68. The number of rotatable bonds is 9. The molecule has 1 heterocycles. The van der Waals surface area contributed by atoms with Crippen molar-refractivity contribution in [3.63, 3.8) is 0 Å². The van der Waals surface area contributed by atoms with Crippen molar-refractivity contribution >= 4 is 17.4 Å². The normalized spacial score (nSPS) is 15.2. The first-order chi connectivity index (χ1) is 10.2. The third kappa shape index (κ3) is 4.83. The summed E-state index contributed by atoms with van der Waals surface area (Å²) in [6.45, 7) is 4.97. The van der Waals surface area contributed by atoms with Crippen molar-refractivity contribution in [2.45, 2.75) is 51.6 Å². The molecule has 118 valence electrons. The number of hydrogen-bond acceptors (Lipinski definition) is 4. The summed E-state index contributed by atoms with van der Waals surface area (Å²) in [5.74, 6) is 0.895. The van der Waals surface area contributed by atoms with Gasteiger partial charge in [-0.25, -0.2) is 4.98 Å². The van der Waals surface area contributed by atoms with Crippen LogP contribution in [0, 0.1) is 0 Å². The lowest BCUT2D eigenvalue weighted by atomic mass is 9.91. The second-order valence-corrected chi connectivity index (χ2v) is 6.09. The third-order valence-corrected chi connectivity index (χ3v) is 4.37. The molecule has 0 amide bonds. The quantitative estimate of drug-likeness (QED) is 0.734. The number of halogens is 1. The largest absolute Gasteiger partial charge is 0.396 e. The standard InChI is InChI=1S/C16H26ClN3O/c1-2-9-18-16-8-7-14(17)15(19-16)12-20(10-4-11-21)13-5-3-6-13/h7-8,13,21H,2-6,9-12H2,1H3,(H,18,19). The molecule has 1 saturated carbocycles. The van der Waals surface area contributed by atoms with Crippen molar-refractivity contribution < 1.29 is 5.11 Å². The van der Waals surface area contributed by atoms with Gasteiger partial charge in [-0.05, 0) is 37.8 Å². The Morgan fingerprint density at radius 2 is 2.24 bits per heavy atom. The number of aromatic nitrogens is 1. The van der Waals surface area contributed by atoms with Gasteiger partial charge in [0.25, 0.3) is 0 Å². The van der Waals surface area contributed by atoms with E-state index in [0.717, 1.165) is 49.0 Å². The molecule has 1 aliphatic rings. The van der Waals surface area contributed by atoms with Crippen LogP contribution in [0.5, 0.6) is 0 Å². The van der Waals surface area contributed by atoms with Gasteiger partial charge in [-0.2, -0.15) is 0 Å². The Hall–Kier alpha value is -0.840. The van der Waals surface area contributed by atoms with E-state index in [9.17, 15) is 0 Å². The fraction of sp³-hybridized carbons (Fsp3) is 0.688. The maximum atomic E-state index is 9.07. The monoisotopic (exact) mass is 311 g/mol. The molecule has 0 spiro atoms. The zero-order chi connectivity index (χ0) is 15.1. The van der Waals surface area contributed by atoms with E-state index in [1.165, 1.54) is 19.3 Å². The van der Waals surface area contributed by atoms with E-state index in [2.05, 4.69) is 22.1 Å². The summed E-state index contributed by atoms with van der Waals surface area (Å²) in [5.41, 5.74) is 0.933. The Morgan fingerprint density at radius 3 is 2.86 bits per heavy atom. The summed E-state index contributed by atoms with van der Waals surface area (Å²) in [7, 11) is 0. The molecule has 2 rings (SSSR count). The molecule has 1 aromatic rings. The van der Waals surface area contributed by atoms with E-state index in [1.54, 1.807) is 0 Å². The zero-order valence-corrected chi connectivity index (χ0v) is 13.6. The van der Waals surface area contributed by atoms with Crippen LogP contribution in [0.25, 0.3) is 0 Å². The Kier molecular flexibility index (Phi) is 6.74. The highest BCUT2D eigenvalue weighted by molar-refractivity contribution is 6.31. The predicted molar refractivity (Wildman–Crippen MR) is 87.8 cm³/mol. The van der Waals surface area contributed by atoms with E-state index in [0.29, 0.717) is 6.04 Å². The number of anilines is 1. The van der Waals surface area contributed by atoms with Crippen LogP contribution in [0.2, 0.25) is 5.02 Å². The minimum atomic E-state index is 0.239. The van der Waals surface area contributed by atoms with E-state index >= 15 is 0 Å². The van der Waals surface area contributed by atoms with Gasteiger partial charge in [0, 0.05) is 32.3 Å². The molecular formula is C16H26ClN3O. The van der Waals surface area contributed by atoms with Crippen LogP contribution in [0.4, 0.5) is 5.82 Å². The van der Waals surface area contributed by atoms with Crippen molar-refractivity contribution in [1.82, 2.24) is 9.88 Å². The van der Waals surface area contributed by atoms with Gasteiger partial charge < -0.3 is 10.4 Å². The van der Waals surface area contributed by atoms with Gasteiger partial charge in [-0.1, -0.05) is 24.9 Å². The number of aliphatic hydroxyl groups is 1. The molecule has 2 N–H and O–H groups in total. The third-order valence-electron chi connectivity index (χ3n) is 4.02. The fourth-order valence-corrected chi connectivity index (χ4v) is 2.72. The summed E-state index contributed by atoms with van der Waals surface area (Å²) in [5, 5.41) is 13.1. The van der Waals surface area contributed by atoms with Gasteiger partial charge >= 0.3 is 0 Å². The maximum Gasteiger partial charge on any atom is 0.126 e. The van der Waals surface area contributed by atoms with Gasteiger partial charge in [0.15, 0.2) is 0 Å². The molecule has 0 bridgehead atoms. The van der Waals surface area contributed by atoms with Crippen LogP contribution in [0.15, 0.2) is 12.1 Å². The molecule has 0 saturated heterocycles. The van der Waals surface area contributed by atoms with E-state index in [-0.39, 0.29) is 6.61 Å². The van der Waals surface area contributed by atoms with Crippen molar-refractivity contribution in [3.05, 3.63) is 22.8 Å². The molecular weight excluding hydrogens is 286 g/mol. The van der Waals surface area contributed by atoms with Crippen LogP contribution in [0.3, 0.4) is 0 Å². The molecule has 0 aliphatic heterocycles. The molecule has 1 aromatic heterocycles. The average molecular weight is 312 g/mol. The summed E-state index contributed by atoms with van der Waals surface area (Å²) >= 11 is 6.31. The number of aliphatic hydroxyl groups excluding tert-OH is 1. The summed E-state index contributed by atoms with van der Waals surface area (Å²) in [6, 6.07) is 4.48. The Labute approximate surface area is 132 Å². The summed E-state index contributed by atoms with van der Waals surface area (Å²) in [4.78, 5) is 7.07. The summed E-state index contributed by atoms with van der Waals surface area (Å²) < 4.78 is 0. The van der Waals surface area contributed by atoms with Gasteiger partial charge in [0.05, 0.1) is 10.7 Å². The maximum absolute atomic E-state index is 9.07. The van der Waals surface area contributed by atoms with Crippen LogP contribution in [-0.4, -0.2) is 40.7 Å². The van der Waals surface area contributed by atoms with Gasteiger partial charge in [-0.15, -0.1) is 0 Å². The Morgan fingerprint density at radius 1 is 1.43 bits per heavy atom. The number of pyridine rings is 1. The molecule has 1 aliphatic carbocycles. The van der Waals surface area contributed by atoms with Gasteiger partial charge in [0.2, 0.25) is 0 Å². The molecule has 5 heteroatoms. The van der Waals surface area contributed by atoms with E-state index in [1.807, 2.05) is 12.1 Å². The molecule has 4 nitrogen and oxygen atoms in total. The number of nitrogens with zero attached hydrogens (tertiary/aromatic N) is 2. The Bertz CT molecular complexity index is 438. The van der Waals surface area contributed by atoms with Crippen LogP contribution in [0.1, 0.15) is 44.7 Å². The molecule has 0 unspecified atom stereocenters. The predicted octanol–water partition coefficient (Wildman–Crippen LogP) is 3.29. The molecule has 0 radical (unpaired) electrons. The van der Waals surface area contributed by atoms with Crippen molar-refractivity contribution in [2.75, 3.05) is 25.0 Å². The van der Waals surface area contributed by atoms with Crippen LogP contribution >= 0.6 is 11.6 Å². The highest BCUT2D eigenvalue weighted by Crippen LogP contribution is 2.28. The van der Waals surface area contributed by atoms with Gasteiger partial charge in [-0.3, -0.25) is 4.90 Å². The first-order valence-corrected chi connectivity index (χ1v) is 8.36. The highest BCUT2D eigenvalue weighted by Gasteiger charge is 2.25. The van der Waals surface area contributed by atoms with Crippen LogP contribution < -0.4 is 5.32 Å². The topological polar surface area (TPSA) is 48.4 Å². The zero-order valence-electron chi connectivity index (χ0n) is 12.8. The SMILES string of the molecule is CCCNc1ccc(Cl)c(CN(CCCO)C2CCC2)n1. The lowest BCUT2D eigenvalue weighted by Gasteiger charge is -2.37. The van der Waals surface area contributed by atoms with Crippen molar-refractivity contribution in [3.8, 4) is 0 Å². The molecule has 1 fully saturated rings. The number of nitrogens with one attached hydrogen (secondary N) is 1. The number of hydrogen-bond donors (Lipinski definition) is 2. The van der Waals surface area contributed by atoms with Crippen LogP contribution in [-0.2, 0) is 6.54 Å². The minimum Gasteiger partial charge on any atom is -0.396 e. The molecule has 0 atom stereocenters. The lowest BCUT2D eigenvalue weighted by Crippen LogP contribution is -2.40. The van der Waals surface area contributed by atoms with Crippen molar-refractivity contribution in [1.29, 1.82) is 0 Å². The lowest BCUT2D eigenvalue weighted by molar-refractivity contribution is 0.108. The Balaban J connectivity index is 2.03. The minimum absolute atomic E-state index is 0.239. The van der Waals surface area contributed by atoms with E-state index < -0.39 is 0 Å². The molecule has 21 heavy (non-hydrogen) atoms. The van der Waals surface area contributed by atoms with Gasteiger partial charge in [0.1, 0.15) is 5.82 Å². The fourth-order valence-electron chi connectivity index (χ4n) is 2.56. The first kappa shape index (κ1) is 16.5. The van der Waals surface area contributed by atoms with E-state index in [4.69, 9.17) is 16.7 Å².